The number of aliphatic carboxylic acids is 1. The Bertz CT molecular complexity index is 519. The average molecular weight is 508 g/mol. The summed E-state index contributed by atoms with van der Waals surface area (Å²) in [5, 5.41) is 10.9. The Labute approximate surface area is 209 Å². The standard InChI is InChI=1S/C24H45NO10/c1-2-3-4-5-6-7-8-9-24(29)35-19-18-33-17-16-32-15-14-31-13-12-30-11-10-25-22(26)20-34-21-23(27)28/h2-21H2,1H3,(H,25,26)(H,27,28). The van der Waals surface area contributed by atoms with Crippen LogP contribution < -0.4 is 5.32 Å². The van der Waals surface area contributed by atoms with Crippen LogP contribution in [-0.2, 0) is 42.8 Å². The maximum Gasteiger partial charge on any atom is 0.329 e. The van der Waals surface area contributed by atoms with Gasteiger partial charge in [0.05, 0.1) is 52.9 Å². The molecule has 0 rings (SSSR count). The summed E-state index contributed by atoms with van der Waals surface area (Å²) in [6.45, 7) is 5.14. The quantitative estimate of drug-likeness (QED) is 0.125. The van der Waals surface area contributed by atoms with E-state index in [1.165, 1.54) is 32.1 Å². The fourth-order valence-electron chi connectivity index (χ4n) is 2.82. The molecule has 0 heterocycles. The van der Waals surface area contributed by atoms with Gasteiger partial charge in [0.15, 0.2) is 0 Å². The third-order valence-electron chi connectivity index (χ3n) is 4.62. The Morgan fingerprint density at radius 2 is 1.14 bits per heavy atom. The van der Waals surface area contributed by atoms with Gasteiger partial charge in [-0.2, -0.15) is 0 Å². The zero-order chi connectivity index (χ0) is 25.8. The Morgan fingerprint density at radius 1 is 0.629 bits per heavy atom. The van der Waals surface area contributed by atoms with Crippen molar-refractivity contribution in [3.8, 4) is 0 Å². The van der Waals surface area contributed by atoms with Crippen LogP contribution in [0.25, 0.3) is 0 Å². The fraction of sp³-hybridized carbons (Fsp3) is 0.875. The summed E-state index contributed by atoms with van der Waals surface area (Å²) in [5.41, 5.74) is 0. The summed E-state index contributed by atoms with van der Waals surface area (Å²) in [4.78, 5) is 33.2. The Balaban J connectivity index is 3.19. The highest BCUT2D eigenvalue weighted by molar-refractivity contribution is 5.77. The van der Waals surface area contributed by atoms with Crippen molar-refractivity contribution in [2.45, 2.75) is 58.3 Å². The van der Waals surface area contributed by atoms with Crippen molar-refractivity contribution in [1.82, 2.24) is 5.32 Å². The SMILES string of the molecule is CCCCCCCCCC(=O)OCCOCCOCCOCCOCCNC(=O)COCC(=O)O. The summed E-state index contributed by atoms with van der Waals surface area (Å²) in [6, 6.07) is 0. The van der Waals surface area contributed by atoms with Crippen molar-refractivity contribution in [3.05, 3.63) is 0 Å². The molecule has 0 radical (unpaired) electrons. The number of carboxylic acids is 1. The second kappa shape index (κ2) is 26.8. The smallest absolute Gasteiger partial charge is 0.329 e. The van der Waals surface area contributed by atoms with Gasteiger partial charge in [0, 0.05) is 13.0 Å². The number of unbranched alkanes of at least 4 members (excludes halogenated alkanes) is 6. The van der Waals surface area contributed by atoms with Crippen LogP contribution in [0.3, 0.4) is 0 Å². The van der Waals surface area contributed by atoms with Gasteiger partial charge in [0.25, 0.3) is 0 Å². The summed E-state index contributed by atoms with van der Waals surface area (Å²) in [7, 11) is 0. The number of carboxylic acid groups (broad SMARTS) is 1. The number of nitrogens with one attached hydrogen (secondary N) is 1. The predicted octanol–water partition coefficient (Wildman–Crippen LogP) is 1.95. The van der Waals surface area contributed by atoms with E-state index in [1.807, 2.05) is 0 Å². The van der Waals surface area contributed by atoms with Crippen LogP contribution in [0.5, 0.6) is 0 Å². The minimum absolute atomic E-state index is 0.160. The van der Waals surface area contributed by atoms with E-state index < -0.39 is 18.5 Å². The summed E-state index contributed by atoms with van der Waals surface area (Å²) in [5.74, 6) is -1.68. The van der Waals surface area contributed by atoms with E-state index in [2.05, 4.69) is 17.0 Å². The Kier molecular flexibility index (Phi) is 25.4. The number of amides is 1. The molecule has 11 nitrogen and oxygen atoms in total. The number of esters is 1. The highest BCUT2D eigenvalue weighted by Crippen LogP contribution is 2.08. The van der Waals surface area contributed by atoms with Crippen molar-refractivity contribution in [2.75, 3.05) is 79.2 Å². The maximum atomic E-state index is 11.6. The molecular weight excluding hydrogens is 462 g/mol. The third kappa shape index (κ3) is 28.3. The summed E-state index contributed by atoms with van der Waals surface area (Å²) >= 11 is 0. The summed E-state index contributed by atoms with van der Waals surface area (Å²) in [6.07, 6.45) is 8.70. The van der Waals surface area contributed by atoms with Crippen molar-refractivity contribution in [1.29, 1.82) is 0 Å². The third-order valence-corrected chi connectivity index (χ3v) is 4.62. The van der Waals surface area contributed by atoms with Gasteiger partial charge >= 0.3 is 11.9 Å². The van der Waals surface area contributed by atoms with Gasteiger partial charge in [-0.15, -0.1) is 0 Å². The molecule has 1 amide bonds. The molecule has 0 aliphatic rings. The van der Waals surface area contributed by atoms with Crippen LogP contribution in [0.15, 0.2) is 0 Å². The minimum Gasteiger partial charge on any atom is -0.480 e. The van der Waals surface area contributed by atoms with Crippen LogP contribution in [0.1, 0.15) is 58.3 Å². The van der Waals surface area contributed by atoms with E-state index in [0.29, 0.717) is 65.8 Å². The van der Waals surface area contributed by atoms with Gasteiger partial charge in [-0.05, 0) is 6.42 Å². The van der Waals surface area contributed by atoms with Crippen LogP contribution in [-0.4, -0.2) is 102 Å². The number of hydrogen-bond donors (Lipinski definition) is 2. The molecule has 0 aromatic rings. The molecule has 0 fully saturated rings. The van der Waals surface area contributed by atoms with Crippen molar-refractivity contribution < 1.29 is 47.9 Å². The van der Waals surface area contributed by atoms with Gasteiger partial charge in [-0.25, -0.2) is 4.79 Å². The number of carbonyl (C=O) groups excluding carboxylic acids is 2. The molecule has 0 saturated heterocycles. The Morgan fingerprint density at radius 3 is 1.71 bits per heavy atom. The number of rotatable bonds is 27. The van der Waals surface area contributed by atoms with E-state index >= 15 is 0 Å². The van der Waals surface area contributed by atoms with Gasteiger partial charge in [-0.3, -0.25) is 9.59 Å². The first kappa shape index (κ1) is 33.2. The largest absolute Gasteiger partial charge is 0.480 e. The molecule has 0 aliphatic carbocycles. The van der Waals surface area contributed by atoms with Gasteiger partial charge in [-0.1, -0.05) is 45.4 Å². The van der Waals surface area contributed by atoms with Crippen molar-refractivity contribution in [2.24, 2.45) is 0 Å². The van der Waals surface area contributed by atoms with Crippen LogP contribution in [0.2, 0.25) is 0 Å². The number of ether oxygens (including phenoxy) is 6. The molecule has 0 bridgehead atoms. The van der Waals surface area contributed by atoms with E-state index in [9.17, 15) is 14.4 Å². The van der Waals surface area contributed by atoms with Gasteiger partial charge in [0.1, 0.15) is 19.8 Å². The second-order valence-corrected chi connectivity index (χ2v) is 7.78. The van der Waals surface area contributed by atoms with Crippen molar-refractivity contribution >= 4 is 17.8 Å². The molecule has 0 unspecified atom stereocenters. The zero-order valence-corrected chi connectivity index (χ0v) is 21.3. The lowest BCUT2D eigenvalue weighted by Crippen LogP contribution is -2.31. The minimum atomic E-state index is -1.12. The lowest BCUT2D eigenvalue weighted by atomic mass is 10.1. The average Bonchev–Trinajstić information content (AvgIpc) is 2.83. The van der Waals surface area contributed by atoms with Crippen molar-refractivity contribution in [3.63, 3.8) is 0 Å². The molecule has 0 aromatic heterocycles. The van der Waals surface area contributed by atoms with Crippen LogP contribution in [0.4, 0.5) is 0 Å². The molecule has 0 aromatic carbocycles. The first-order valence-electron chi connectivity index (χ1n) is 12.6. The molecule has 206 valence electrons. The fourth-order valence-corrected chi connectivity index (χ4v) is 2.82. The lowest BCUT2D eigenvalue weighted by Gasteiger charge is -2.08. The van der Waals surface area contributed by atoms with E-state index in [0.717, 1.165) is 12.8 Å². The molecule has 0 atom stereocenters. The predicted molar refractivity (Wildman–Crippen MR) is 128 cm³/mol. The van der Waals surface area contributed by atoms with E-state index in [-0.39, 0.29) is 19.2 Å². The molecule has 0 aliphatic heterocycles. The second-order valence-electron chi connectivity index (χ2n) is 7.78. The molecular formula is C24H45NO10. The monoisotopic (exact) mass is 507 g/mol. The van der Waals surface area contributed by atoms with E-state index in [4.69, 9.17) is 28.8 Å². The lowest BCUT2D eigenvalue weighted by molar-refractivity contribution is -0.146. The topological polar surface area (TPSA) is 139 Å². The molecule has 0 saturated carbocycles. The van der Waals surface area contributed by atoms with Gasteiger partial charge < -0.3 is 38.8 Å². The maximum absolute atomic E-state index is 11.6. The molecule has 11 heteroatoms. The zero-order valence-electron chi connectivity index (χ0n) is 21.3. The first-order valence-corrected chi connectivity index (χ1v) is 12.6. The first-order chi connectivity index (χ1) is 17.1. The molecule has 0 spiro atoms. The normalized spacial score (nSPS) is 10.9. The van der Waals surface area contributed by atoms with Gasteiger partial charge in [0.2, 0.25) is 5.91 Å². The number of hydrogen-bond acceptors (Lipinski definition) is 9. The molecule has 35 heavy (non-hydrogen) atoms. The summed E-state index contributed by atoms with van der Waals surface area (Å²) < 4.78 is 31.2. The highest BCUT2D eigenvalue weighted by atomic mass is 16.6. The van der Waals surface area contributed by atoms with Crippen LogP contribution >= 0.6 is 0 Å². The molecule has 2 N–H and O–H groups in total. The number of carbonyl (C=O) groups is 3. The Hall–Kier alpha value is -1.79. The van der Waals surface area contributed by atoms with E-state index in [1.54, 1.807) is 0 Å². The highest BCUT2D eigenvalue weighted by Gasteiger charge is 2.04. The van der Waals surface area contributed by atoms with Crippen LogP contribution in [0, 0.1) is 0 Å².